The maximum Gasteiger partial charge on any atom is 0.274 e. The first-order chi connectivity index (χ1) is 13.4. The van der Waals surface area contributed by atoms with Gasteiger partial charge in [0.25, 0.3) is 5.91 Å². The third-order valence-corrected chi connectivity index (χ3v) is 4.57. The average molecular weight is 405 g/mol. The quantitative estimate of drug-likeness (QED) is 0.629. The summed E-state index contributed by atoms with van der Waals surface area (Å²) in [5, 5.41) is 14.4. The number of halogens is 1. The van der Waals surface area contributed by atoms with E-state index in [4.69, 9.17) is 16.0 Å². The van der Waals surface area contributed by atoms with Crippen LogP contribution in [0.3, 0.4) is 0 Å². The molecule has 28 heavy (non-hydrogen) atoms. The van der Waals surface area contributed by atoms with Gasteiger partial charge in [-0.2, -0.15) is 10.2 Å². The fourth-order valence-electron chi connectivity index (χ4n) is 2.52. The van der Waals surface area contributed by atoms with Crippen LogP contribution in [0.1, 0.15) is 41.8 Å². The molecule has 1 atom stereocenters. The number of amides is 2. The standard InChI is InChI=1S/C18H21ClN6O3/c1-4-24-10-15(16(23-24)18(27)20-8-13-6-5-7-28-13)21-17(26)12(3)25-9-14(19)11(2)22-25/h5-7,9-10,12H,4,8H2,1-3H3,(H,20,27)(H,21,26). The van der Waals surface area contributed by atoms with E-state index in [1.807, 2.05) is 6.92 Å². The van der Waals surface area contributed by atoms with Crippen molar-refractivity contribution in [3.8, 4) is 0 Å². The Hall–Kier alpha value is -3.07. The van der Waals surface area contributed by atoms with E-state index in [1.54, 1.807) is 43.1 Å². The van der Waals surface area contributed by atoms with Crippen molar-refractivity contribution >= 4 is 29.1 Å². The van der Waals surface area contributed by atoms with Gasteiger partial charge in [-0.1, -0.05) is 11.6 Å². The van der Waals surface area contributed by atoms with E-state index in [-0.39, 0.29) is 18.1 Å². The van der Waals surface area contributed by atoms with Gasteiger partial charge < -0.3 is 15.1 Å². The summed E-state index contributed by atoms with van der Waals surface area (Å²) in [4.78, 5) is 25.2. The highest BCUT2D eigenvalue weighted by molar-refractivity contribution is 6.31. The number of nitrogens with one attached hydrogen (secondary N) is 2. The summed E-state index contributed by atoms with van der Waals surface area (Å²) in [6.45, 7) is 6.12. The topological polar surface area (TPSA) is 107 Å². The minimum absolute atomic E-state index is 0.128. The van der Waals surface area contributed by atoms with Gasteiger partial charge in [-0.15, -0.1) is 0 Å². The third kappa shape index (κ3) is 4.25. The first-order valence-corrected chi connectivity index (χ1v) is 9.17. The molecule has 0 saturated heterocycles. The lowest BCUT2D eigenvalue weighted by atomic mass is 10.3. The van der Waals surface area contributed by atoms with Crippen LogP contribution < -0.4 is 10.6 Å². The Morgan fingerprint density at radius 1 is 1.32 bits per heavy atom. The maximum atomic E-state index is 12.7. The van der Waals surface area contributed by atoms with Gasteiger partial charge in [0.1, 0.15) is 11.8 Å². The van der Waals surface area contributed by atoms with Crippen LogP contribution in [0, 0.1) is 6.92 Å². The van der Waals surface area contributed by atoms with Gasteiger partial charge in [-0.05, 0) is 32.9 Å². The number of carbonyl (C=O) groups excluding carboxylic acids is 2. The van der Waals surface area contributed by atoms with Crippen LogP contribution in [0.25, 0.3) is 0 Å². The number of furan rings is 1. The van der Waals surface area contributed by atoms with Crippen molar-refractivity contribution in [2.45, 2.75) is 39.9 Å². The van der Waals surface area contributed by atoms with E-state index >= 15 is 0 Å². The summed E-state index contributed by atoms with van der Waals surface area (Å²) in [6.07, 6.45) is 4.74. The Morgan fingerprint density at radius 2 is 2.11 bits per heavy atom. The molecule has 3 heterocycles. The van der Waals surface area contributed by atoms with Gasteiger partial charge in [0.05, 0.1) is 29.2 Å². The molecule has 9 nitrogen and oxygen atoms in total. The molecule has 3 rings (SSSR count). The molecule has 0 bridgehead atoms. The van der Waals surface area contributed by atoms with Gasteiger partial charge in [0, 0.05) is 18.9 Å². The van der Waals surface area contributed by atoms with Crippen molar-refractivity contribution < 1.29 is 14.0 Å². The zero-order valence-electron chi connectivity index (χ0n) is 15.8. The van der Waals surface area contributed by atoms with Crippen LogP contribution in [-0.2, 0) is 17.9 Å². The van der Waals surface area contributed by atoms with Gasteiger partial charge in [-0.25, -0.2) is 0 Å². The highest BCUT2D eigenvalue weighted by Gasteiger charge is 2.22. The van der Waals surface area contributed by atoms with E-state index in [1.165, 1.54) is 10.9 Å². The summed E-state index contributed by atoms with van der Waals surface area (Å²) in [6, 6.07) is 2.88. The number of hydrogen-bond acceptors (Lipinski definition) is 5. The third-order valence-electron chi connectivity index (χ3n) is 4.19. The number of aryl methyl sites for hydroxylation is 2. The molecule has 0 aliphatic rings. The Morgan fingerprint density at radius 3 is 2.71 bits per heavy atom. The molecule has 10 heteroatoms. The molecule has 0 fully saturated rings. The van der Waals surface area contributed by atoms with Crippen LogP contribution in [0.5, 0.6) is 0 Å². The summed E-state index contributed by atoms with van der Waals surface area (Å²) >= 11 is 6.02. The molecule has 0 saturated carbocycles. The smallest absolute Gasteiger partial charge is 0.274 e. The molecule has 3 aromatic heterocycles. The summed E-state index contributed by atoms with van der Waals surface area (Å²) in [7, 11) is 0. The van der Waals surface area contributed by atoms with E-state index < -0.39 is 11.9 Å². The Labute approximate surface area is 166 Å². The second-order valence-corrected chi connectivity index (χ2v) is 6.62. The van der Waals surface area contributed by atoms with Crippen molar-refractivity contribution in [1.29, 1.82) is 0 Å². The van der Waals surface area contributed by atoms with E-state index in [9.17, 15) is 9.59 Å². The number of hydrogen-bond donors (Lipinski definition) is 2. The second-order valence-electron chi connectivity index (χ2n) is 6.22. The molecule has 0 aromatic carbocycles. The number of carbonyl (C=O) groups is 2. The summed E-state index contributed by atoms with van der Waals surface area (Å²) < 4.78 is 8.26. The Balaban J connectivity index is 1.74. The second kappa shape index (κ2) is 8.30. The molecular formula is C18H21ClN6O3. The van der Waals surface area contributed by atoms with Crippen LogP contribution in [-0.4, -0.2) is 31.4 Å². The Bertz CT molecular complexity index is 956. The van der Waals surface area contributed by atoms with Crippen LogP contribution in [0.15, 0.2) is 35.2 Å². The van der Waals surface area contributed by atoms with E-state index in [2.05, 4.69) is 20.8 Å². The SMILES string of the molecule is CCn1cc(NC(=O)C(C)n2cc(Cl)c(C)n2)c(C(=O)NCc2ccco2)n1. The molecule has 0 aliphatic carbocycles. The predicted molar refractivity (Wildman–Crippen MR) is 103 cm³/mol. The predicted octanol–water partition coefficient (Wildman–Crippen LogP) is 2.78. The minimum atomic E-state index is -0.616. The molecule has 0 radical (unpaired) electrons. The minimum Gasteiger partial charge on any atom is -0.467 e. The van der Waals surface area contributed by atoms with Gasteiger partial charge in [-0.3, -0.25) is 19.0 Å². The molecule has 148 valence electrons. The number of rotatable bonds is 7. The molecular weight excluding hydrogens is 384 g/mol. The van der Waals surface area contributed by atoms with Crippen molar-refractivity contribution in [3.63, 3.8) is 0 Å². The maximum absolute atomic E-state index is 12.7. The Kier molecular flexibility index (Phi) is 5.84. The average Bonchev–Trinajstić information content (AvgIpc) is 3.40. The van der Waals surface area contributed by atoms with Gasteiger partial charge in [0.15, 0.2) is 5.69 Å². The number of nitrogens with zero attached hydrogens (tertiary/aromatic N) is 4. The highest BCUT2D eigenvalue weighted by Crippen LogP contribution is 2.19. The lowest BCUT2D eigenvalue weighted by Crippen LogP contribution is -2.27. The van der Waals surface area contributed by atoms with E-state index in [0.29, 0.717) is 28.7 Å². The molecule has 0 aliphatic heterocycles. The lowest BCUT2D eigenvalue weighted by Gasteiger charge is -2.12. The normalized spacial score (nSPS) is 12.0. The largest absolute Gasteiger partial charge is 0.467 e. The number of anilines is 1. The van der Waals surface area contributed by atoms with Crippen molar-refractivity contribution in [2.75, 3.05) is 5.32 Å². The highest BCUT2D eigenvalue weighted by atomic mass is 35.5. The molecule has 2 amide bonds. The molecule has 3 aromatic rings. The zero-order chi connectivity index (χ0) is 20.3. The van der Waals surface area contributed by atoms with Crippen LogP contribution >= 0.6 is 11.6 Å². The first-order valence-electron chi connectivity index (χ1n) is 8.79. The fraction of sp³-hybridized carbons (Fsp3) is 0.333. The lowest BCUT2D eigenvalue weighted by molar-refractivity contribution is -0.119. The van der Waals surface area contributed by atoms with Crippen LogP contribution in [0.4, 0.5) is 5.69 Å². The number of aromatic nitrogens is 4. The van der Waals surface area contributed by atoms with Crippen molar-refractivity contribution in [2.24, 2.45) is 0 Å². The molecule has 0 spiro atoms. The van der Waals surface area contributed by atoms with Gasteiger partial charge >= 0.3 is 0 Å². The van der Waals surface area contributed by atoms with Crippen LogP contribution in [0.2, 0.25) is 5.02 Å². The molecule has 2 N–H and O–H groups in total. The van der Waals surface area contributed by atoms with E-state index in [0.717, 1.165) is 0 Å². The van der Waals surface area contributed by atoms with Crippen molar-refractivity contribution in [1.82, 2.24) is 24.9 Å². The van der Waals surface area contributed by atoms with Crippen molar-refractivity contribution in [3.05, 3.63) is 53.0 Å². The molecule has 1 unspecified atom stereocenters. The van der Waals surface area contributed by atoms with Gasteiger partial charge in [0.2, 0.25) is 5.91 Å². The monoisotopic (exact) mass is 404 g/mol. The summed E-state index contributed by atoms with van der Waals surface area (Å²) in [5.41, 5.74) is 1.09. The fourth-order valence-corrected chi connectivity index (χ4v) is 2.66. The zero-order valence-corrected chi connectivity index (χ0v) is 16.5. The first kappa shape index (κ1) is 19.7. The summed E-state index contributed by atoms with van der Waals surface area (Å²) in [5.74, 6) is -0.132.